The minimum atomic E-state index is -3.52. The number of rotatable bonds is 5. The number of hydrogen-bond donors (Lipinski definition) is 1. The molecule has 0 unspecified atom stereocenters. The van der Waals surface area contributed by atoms with Crippen molar-refractivity contribution in [3.8, 4) is 0 Å². The van der Waals surface area contributed by atoms with Gasteiger partial charge in [-0.15, -0.1) is 0 Å². The van der Waals surface area contributed by atoms with Crippen LogP contribution in [-0.2, 0) is 14.8 Å². The predicted octanol–water partition coefficient (Wildman–Crippen LogP) is 0.726. The number of benzene rings is 1. The Morgan fingerprint density at radius 2 is 2.00 bits per heavy atom. The van der Waals surface area contributed by atoms with E-state index in [0.29, 0.717) is 19.7 Å². The number of ether oxygens (including phenoxy) is 1. The predicted molar refractivity (Wildman–Crippen MR) is 69.3 cm³/mol. The fourth-order valence-electron chi connectivity index (χ4n) is 1.74. The summed E-state index contributed by atoms with van der Waals surface area (Å²) in [5, 5.41) is 0. The van der Waals surface area contributed by atoms with E-state index in [2.05, 4.69) is 4.72 Å². The highest BCUT2D eigenvalue weighted by molar-refractivity contribution is 7.89. The Hall–Kier alpha value is -1.60. The summed E-state index contributed by atoms with van der Waals surface area (Å²) in [5.41, 5.74) is 0.999. The molecule has 19 heavy (non-hydrogen) atoms. The molecule has 7 heteroatoms. The molecule has 0 aliphatic carbocycles. The van der Waals surface area contributed by atoms with E-state index in [9.17, 15) is 13.2 Å². The van der Waals surface area contributed by atoms with Gasteiger partial charge in [-0.25, -0.2) is 17.9 Å². The van der Waals surface area contributed by atoms with Crippen molar-refractivity contribution in [1.29, 1.82) is 0 Å². The highest BCUT2D eigenvalue weighted by atomic mass is 32.2. The third-order valence-corrected chi connectivity index (χ3v) is 4.33. The molecule has 104 valence electrons. The fraction of sp³-hybridized carbons (Fsp3) is 0.417. The van der Waals surface area contributed by atoms with Gasteiger partial charge in [0.05, 0.1) is 11.4 Å². The van der Waals surface area contributed by atoms with Crippen LogP contribution in [0.2, 0.25) is 0 Å². The minimum Gasteiger partial charge on any atom is -0.448 e. The van der Waals surface area contributed by atoms with E-state index >= 15 is 0 Å². The first-order valence-electron chi connectivity index (χ1n) is 5.97. The lowest BCUT2D eigenvalue weighted by Crippen LogP contribution is -2.35. The van der Waals surface area contributed by atoms with Gasteiger partial charge < -0.3 is 9.64 Å². The van der Waals surface area contributed by atoms with Gasteiger partial charge in [-0.1, -0.05) is 17.7 Å². The van der Waals surface area contributed by atoms with Crippen molar-refractivity contribution in [3.63, 3.8) is 0 Å². The average Bonchev–Trinajstić information content (AvgIpc) is 2.75. The third-order valence-electron chi connectivity index (χ3n) is 2.85. The van der Waals surface area contributed by atoms with Crippen molar-refractivity contribution >= 4 is 16.1 Å². The molecule has 1 aliphatic heterocycles. The Labute approximate surface area is 112 Å². The zero-order chi connectivity index (χ0) is 13.9. The smallest absolute Gasteiger partial charge is 0.409 e. The van der Waals surface area contributed by atoms with Crippen molar-refractivity contribution in [2.24, 2.45) is 0 Å². The molecule has 6 nitrogen and oxygen atoms in total. The van der Waals surface area contributed by atoms with Gasteiger partial charge in [-0.05, 0) is 19.1 Å². The van der Waals surface area contributed by atoms with Crippen molar-refractivity contribution < 1.29 is 17.9 Å². The van der Waals surface area contributed by atoms with E-state index in [4.69, 9.17) is 4.74 Å². The summed E-state index contributed by atoms with van der Waals surface area (Å²) in [5.74, 6) is 0. The summed E-state index contributed by atoms with van der Waals surface area (Å²) in [6, 6.07) is 6.60. The maximum Gasteiger partial charge on any atom is 0.409 e. The second-order valence-electron chi connectivity index (χ2n) is 4.31. The lowest BCUT2D eigenvalue weighted by atomic mass is 10.2. The van der Waals surface area contributed by atoms with Gasteiger partial charge in [0.25, 0.3) is 0 Å². The van der Waals surface area contributed by atoms with Gasteiger partial charge in [0.15, 0.2) is 0 Å². The van der Waals surface area contributed by atoms with Crippen molar-refractivity contribution in [2.45, 2.75) is 11.8 Å². The molecule has 1 aromatic carbocycles. The number of hydrogen-bond acceptors (Lipinski definition) is 4. The van der Waals surface area contributed by atoms with E-state index in [1.165, 1.54) is 4.90 Å². The van der Waals surface area contributed by atoms with Gasteiger partial charge in [0.1, 0.15) is 6.61 Å². The largest absolute Gasteiger partial charge is 0.448 e. The number of amides is 1. The SMILES string of the molecule is Cc1ccc(S(=O)(=O)NCCN2CCOC2=O)cc1. The van der Waals surface area contributed by atoms with E-state index < -0.39 is 16.1 Å². The number of nitrogens with one attached hydrogen (secondary N) is 1. The summed E-state index contributed by atoms with van der Waals surface area (Å²) in [6.45, 7) is 3.24. The molecule has 0 radical (unpaired) electrons. The Balaban J connectivity index is 1.91. The lowest BCUT2D eigenvalue weighted by molar-refractivity contribution is 0.159. The molecule has 1 aromatic rings. The first-order valence-corrected chi connectivity index (χ1v) is 7.45. The summed E-state index contributed by atoms with van der Waals surface area (Å²) < 4.78 is 31.1. The van der Waals surface area contributed by atoms with Crippen LogP contribution in [0.3, 0.4) is 0 Å². The molecule has 1 amide bonds. The first-order chi connectivity index (χ1) is 8.99. The molecule has 0 bridgehead atoms. The molecule has 1 aliphatic rings. The number of sulfonamides is 1. The second kappa shape index (κ2) is 5.58. The molecule has 1 heterocycles. The molecule has 0 atom stereocenters. The van der Waals surface area contributed by atoms with Gasteiger partial charge in [0.2, 0.25) is 10.0 Å². The zero-order valence-electron chi connectivity index (χ0n) is 10.6. The van der Waals surface area contributed by atoms with Crippen LogP contribution in [0.15, 0.2) is 29.2 Å². The molecule has 0 spiro atoms. The lowest BCUT2D eigenvalue weighted by Gasteiger charge is -2.13. The van der Waals surface area contributed by atoms with Crippen LogP contribution in [0.5, 0.6) is 0 Å². The zero-order valence-corrected chi connectivity index (χ0v) is 11.4. The summed E-state index contributed by atoms with van der Waals surface area (Å²) >= 11 is 0. The quantitative estimate of drug-likeness (QED) is 0.864. The third kappa shape index (κ3) is 3.45. The standard InChI is InChI=1S/C12H16N2O4S/c1-10-2-4-11(5-3-10)19(16,17)13-6-7-14-8-9-18-12(14)15/h2-5,13H,6-9H2,1H3. The molecule has 0 saturated carbocycles. The summed E-state index contributed by atoms with van der Waals surface area (Å²) in [7, 11) is -3.52. The van der Waals surface area contributed by atoms with Crippen LogP contribution in [-0.4, -0.2) is 45.7 Å². The van der Waals surface area contributed by atoms with Crippen LogP contribution >= 0.6 is 0 Å². The van der Waals surface area contributed by atoms with Gasteiger partial charge in [0, 0.05) is 13.1 Å². The van der Waals surface area contributed by atoms with E-state index in [1.54, 1.807) is 24.3 Å². The Morgan fingerprint density at radius 3 is 2.58 bits per heavy atom. The van der Waals surface area contributed by atoms with Gasteiger partial charge >= 0.3 is 6.09 Å². The van der Waals surface area contributed by atoms with E-state index in [1.807, 2.05) is 6.92 Å². The molecular weight excluding hydrogens is 268 g/mol. The Kier molecular flexibility index (Phi) is 4.06. The maximum absolute atomic E-state index is 12.0. The number of aryl methyl sites for hydroxylation is 1. The van der Waals surface area contributed by atoms with Crippen molar-refractivity contribution in [1.82, 2.24) is 9.62 Å². The Morgan fingerprint density at radius 1 is 1.32 bits per heavy atom. The van der Waals surface area contributed by atoms with E-state index in [-0.39, 0.29) is 11.4 Å². The highest BCUT2D eigenvalue weighted by Crippen LogP contribution is 2.09. The monoisotopic (exact) mass is 284 g/mol. The number of cyclic esters (lactones) is 1. The molecular formula is C12H16N2O4S. The van der Waals surface area contributed by atoms with Crippen LogP contribution < -0.4 is 4.72 Å². The number of carbonyl (C=O) groups excluding carboxylic acids is 1. The van der Waals surface area contributed by atoms with Crippen molar-refractivity contribution in [2.75, 3.05) is 26.2 Å². The van der Waals surface area contributed by atoms with Gasteiger partial charge in [-0.3, -0.25) is 0 Å². The minimum absolute atomic E-state index is 0.172. The van der Waals surface area contributed by atoms with Gasteiger partial charge in [-0.2, -0.15) is 0 Å². The van der Waals surface area contributed by atoms with Crippen LogP contribution in [0, 0.1) is 6.92 Å². The highest BCUT2D eigenvalue weighted by Gasteiger charge is 2.22. The molecule has 1 N–H and O–H groups in total. The van der Waals surface area contributed by atoms with Crippen LogP contribution in [0.4, 0.5) is 4.79 Å². The second-order valence-corrected chi connectivity index (χ2v) is 6.08. The number of carbonyl (C=O) groups is 1. The average molecular weight is 284 g/mol. The summed E-state index contributed by atoms with van der Waals surface area (Å²) in [6.07, 6.45) is -0.394. The van der Waals surface area contributed by atoms with Crippen LogP contribution in [0.1, 0.15) is 5.56 Å². The fourth-order valence-corrected chi connectivity index (χ4v) is 2.77. The normalized spacial score (nSPS) is 15.6. The van der Waals surface area contributed by atoms with E-state index in [0.717, 1.165) is 5.56 Å². The Bertz CT molecular complexity index is 554. The molecule has 0 aromatic heterocycles. The number of nitrogens with zero attached hydrogens (tertiary/aromatic N) is 1. The van der Waals surface area contributed by atoms with Crippen LogP contribution in [0.25, 0.3) is 0 Å². The molecule has 1 fully saturated rings. The maximum atomic E-state index is 12.0. The summed E-state index contributed by atoms with van der Waals surface area (Å²) in [4.78, 5) is 12.9. The van der Waals surface area contributed by atoms with Crippen molar-refractivity contribution in [3.05, 3.63) is 29.8 Å². The molecule has 1 saturated heterocycles. The molecule has 2 rings (SSSR count). The first kappa shape index (κ1) is 13.8. The topological polar surface area (TPSA) is 75.7 Å².